The third-order valence-corrected chi connectivity index (χ3v) is 6.68. The molecule has 4 nitrogen and oxygen atoms in total. The zero-order valence-electron chi connectivity index (χ0n) is 17.6. The van der Waals surface area contributed by atoms with Gasteiger partial charge < -0.3 is 14.4 Å². The summed E-state index contributed by atoms with van der Waals surface area (Å²) in [6, 6.07) is 9.81. The molecule has 0 bridgehead atoms. The SMILES string of the molecule is CCCCOP(=O)(OCCCC)C(Nc1ccc(C(F)(F)F)cc1)c1cccc(F)c1. The van der Waals surface area contributed by atoms with E-state index in [1.165, 1.54) is 30.3 Å². The number of halogens is 4. The molecule has 0 aromatic heterocycles. The van der Waals surface area contributed by atoms with Crippen molar-refractivity contribution in [2.45, 2.75) is 51.5 Å². The summed E-state index contributed by atoms with van der Waals surface area (Å²) < 4.78 is 77.7. The lowest BCUT2D eigenvalue weighted by Crippen LogP contribution is -2.16. The average molecular weight is 461 g/mol. The third kappa shape index (κ3) is 7.63. The summed E-state index contributed by atoms with van der Waals surface area (Å²) in [5, 5.41) is 2.95. The first-order valence-electron chi connectivity index (χ1n) is 10.3. The number of nitrogens with one attached hydrogen (secondary N) is 1. The maximum Gasteiger partial charge on any atom is 0.416 e. The van der Waals surface area contributed by atoms with E-state index in [0.717, 1.165) is 25.0 Å². The summed E-state index contributed by atoms with van der Waals surface area (Å²) in [5.74, 6) is -1.63. The summed E-state index contributed by atoms with van der Waals surface area (Å²) >= 11 is 0. The second-order valence-electron chi connectivity index (χ2n) is 7.09. The molecule has 31 heavy (non-hydrogen) atoms. The van der Waals surface area contributed by atoms with Crippen molar-refractivity contribution in [1.29, 1.82) is 0 Å². The fraction of sp³-hybridized carbons (Fsp3) is 0.455. The highest BCUT2D eigenvalue weighted by Gasteiger charge is 2.38. The Kier molecular flexibility index (Phi) is 9.54. The smallest absolute Gasteiger partial charge is 0.368 e. The summed E-state index contributed by atoms with van der Waals surface area (Å²) in [5.41, 5.74) is -0.209. The van der Waals surface area contributed by atoms with Crippen molar-refractivity contribution in [3.8, 4) is 0 Å². The molecule has 0 saturated heterocycles. The van der Waals surface area contributed by atoms with Crippen molar-refractivity contribution < 1.29 is 31.2 Å². The Morgan fingerprint density at radius 3 is 2.03 bits per heavy atom. The molecule has 1 unspecified atom stereocenters. The number of rotatable bonds is 12. The van der Waals surface area contributed by atoms with Gasteiger partial charge in [-0.3, -0.25) is 4.57 Å². The Morgan fingerprint density at radius 2 is 1.55 bits per heavy atom. The van der Waals surface area contributed by atoms with Gasteiger partial charge in [0.2, 0.25) is 0 Å². The molecule has 0 radical (unpaired) electrons. The first kappa shape index (κ1) is 25.4. The van der Waals surface area contributed by atoms with Crippen LogP contribution in [0.2, 0.25) is 0 Å². The van der Waals surface area contributed by atoms with Gasteiger partial charge in [-0.15, -0.1) is 0 Å². The maximum absolute atomic E-state index is 13.9. The Morgan fingerprint density at radius 1 is 0.968 bits per heavy atom. The standard InChI is InChI=1S/C22H28F4NO3P/c1-3-5-14-29-31(28,30-15-6-4-2)21(17-8-7-9-19(23)16-17)27-20-12-10-18(11-13-20)22(24,25)26/h7-13,16,21,27H,3-6,14-15H2,1-2H3. The third-order valence-electron chi connectivity index (χ3n) is 4.53. The van der Waals surface area contributed by atoms with Gasteiger partial charge in [0, 0.05) is 5.69 Å². The van der Waals surface area contributed by atoms with Crippen molar-refractivity contribution in [1.82, 2.24) is 0 Å². The average Bonchev–Trinajstić information content (AvgIpc) is 2.72. The lowest BCUT2D eigenvalue weighted by Gasteiger charge is -2.29. The van der Waals surface area contributed by atoms with E-state index >= 15 is 0 Å². The van der Waals surface area contributed by atoms with Crippen LogP contribution in [0, 0.1) is 5.82 Å². The summed E-state index contributed by atoms with van der Waals surface area (Å²) in [4.78, 5) is 0. The van der Waals surface area contributed by atoms with Crippen molar-refractivity contribution in [3.63, 3.8) is 0 Å². The van der Waals surface area contributed by atoms with E-state index in [1.807, 2.05) is 13.8 Å². The topological polar surface area (TPSA) is 47.6 Å². The van der Waals surface area contributed by atoms with Gasteiger partial charge in [0.1, 0.15) is 5.82 Å². The second-order valence-corrected chi connectivity index (χ2v) is 9.20. The number of unbranched alkanes of at least 4 members (excludes halogenated alkanes) is 2. The Balaban J connectivity index is 2.40. The first-order valence-corrected chi connectivity index (χ1v) is 11.9. The van der Waals surface area contributed by atoms with E-state index in [2.05, 4.69) is 5.32 Å². The Hall–Kier alpha value is -1.89. The van der Waals surface area contributed by atoms with E-state index < -0.39 is 30.9 Å². The number of benzene rings is 2. The summed E-state index contributed by atoms with van der Waals surface area (Å²) in [6.07, 6.45) is -1.55. The van der Waals surface area contributed by atoms with Crippen molar-refractivity contribution in [2.24, 2.45) is 0 Å². The van der Waals surface area contributed by atoms with Crippen LogP contribution in [0.5, 0.6) is 0 Å². The Labute approximate surface area is 180 Å². The lowest BCUT2D eigenvalue weighted by molar-refractivity contribution is -0.137. The molecule has 2 rings (SSSR count). The molecule has 0 aliphatic rings. The van der Waals surface area contributed by atoms with Crippen molar-refractivity contribution in [2.75, 3.05) is 18.5 Å². The molecule has 172 valence electrons. The molecule has 0 aliphatic heterocycles. The van der Waals surface area contributed by atoms with Gasteiger partial charge in [-0.2, -0.15) is 13.2 Å². The normalized spacial score (nSPS) is 13.2. The second kappa shape index (κ2) is 11.7. The molecular weight excluding hydrogens is 433 g/mol. The maximum atomic E-state index is 13.9. The van der Waals surface area contributed by atoms with Gasteiger partial charge in [-0.1, -0.05) is 38.8 Å². The van der Waals surface area contributed by atoms with Crippen molar-refractivity contribution >= 4 is 13.3 Å². The van der Waals surface area contributed by atoms with Crippen LogP contribution >= 0.6 is 7.60 Å². The molecular formula is C22H28F4NO3P. The number of anilines is 1. The predicted molar refractivity (Wildman–Crippen MR) is 114 cm³/mol. The van der Waals surface area contributed by atoms with E-state index in [0.29, 0.717) is 18.4 Å². The summed E-state index contributed by atoms with van der Waals surface area (Å²) in [7, 11) is -3.84. The highest BCUT2D eigenvalue weighted by Crippen LogP contribution is 2.61. The molecule has 1 N–H and O–H groups in total. The van der Waals surface area contributed by atoms with Crippen LogP contribution in [0.1, 0.15) is 56.4 Å². The molecule has 0 amide bonds. The minimum Gasteiger partial charge on any atom is -0.368 e. The monoisotopic (exact) mass is 461 g/mol. The highest BCUT2D eigenvalue weighted by molar-refractivity contribution is 7.54. The van der Waals surface area contributed by atoms with Gasteiger partial charge in [0.15, 0.2) is 5.78 Å². The number of alkyl halides is 3. The van der Waals surface area contributed by atoms with E-state index in [-0.39, 0.29) is 18.9 Å². The van der Waals surface area contributed by atoms with E-state index in [1.54, 1.807) is 6.07 Å². The molecule has 1 atom stereocenters. The van der Waals surface area contributed by atoms with E-state index in [9.17, 15) is 22.1 Å². The quantitative estimate of drug-likeness (QED) is 0.199. The summed E-state index contributed by atoms with van der Waals surface area (Å²) in [6.45, 7) is 4.27. The van der Waals surface area contributed by atoms with Crippen molar-refractivity contribution in [3.05, 3.63) is 65.5 Å². The van der Waals surface area contributed by atoms with Crippen LogP contribution < -0.4 is 5.32 Å². The molecule has 9 heteroatoms. The number of hydrogen-bond acceptors (Lipinski definition) is 4. The molecule has 0 heterocycles. The zero-order valence-corrected chi connectivity index (χ0v) is 18.5. The first-order chi connectivity index (χ1) is 14.7. The van der Waals surface area contributed by atoms with Gasteiger partial charge in [0.05, 0.1) is 18.8 Å². The predicted octanol–water partition coefficient (Wildman–Crippen LogP) is 7.78. The van der Waals surface area contributed by atoms with Crippen LogP contribution in [0.15, 0.2) is 48.5 Å². The largest absolute Gasteiger partial charge is 0.416 e. The molecule has 0 aliphatic carbocycles. The minimum absolute atomic E-state index is 0.181. The van der Waals surface area contributed by atoms with E-state index in [4.69, 9.17) is 9.05 Å². The van der Waals surface area contributed by atoms with Crippen LogP contribution in [0.4, 0.5) is 23.2 Å². The van der Waals surface area contributed by atoms with Gasteiger partial charge in [-0.05, 0) is 54.8 Å². The molecule has 0 saturated carbocycles. The lowest BCUT2D eigenvalue weighted by atomic mass is 10.2. The van der Waals surface area contributed by atoms with Gasteiger partial charge in [-0.25, -0.2) is 4.39 Å². The zero-order chi connectivity index (χ0) is 22.9. The van der Waals surface area contributed by atoms with Crippen LogP contribution in [0.25, 0.3) is 0 Å². The molecule has 0 spiro atoms. The van der Waals surface area contributed by atoms with Gasteiger partial charge >= 0.3 is 13.8 Å². The number of hydrogen-bond donors (Lipinski definition) is 1. The van der Waals surface area contributed by atoms with Crippen LogP contribution in [-0.2, 0) is 19.8 Å². The fourth-order valence-electron chi connectivity index (χ4n) is 2.79. The Bertz CT molecular complexity index is 845. The molecule has 0 fully saturated rings. The van der Waals surface area contributed by atoms with Gasteiger partial charge in [0.25, 0.3) is 0 Å². The fourth-order valence-corrected chi connectivity index (χ4v) is 4.77. The van der Waals surface area contributed by atoms with Crippen LogP contribution in [-0.4, -0.2) is 13.2 Å². The minimum atomic E-state index is -4.47. The van der Waals surface area contributed by atoms with Crippen LogP contribution in [0.3, 0.4) is 0 Å². The molecule has 2 aromatic rings. The highest BCUT2D eigenvalue weighted by atomic mass is 31.2. The molecule has 2 aromatic carbocycles.